The predicted octanol–water partition coefficient (Wildman–Crippen LogP) is 2.75. The molecule has 1 unspecified atom stereocenters. The number of ether oxygens (including phenoxy) is 2. The van der Waals surface area contributed by atoms with Crippen molar-refractivity contribution < 1.29 is 29.0 Å². The molecule has 1 atom stereocenters. The molecule has 1 rings (SSSR count). The number of amides is 1. The van der Waals surface area contributed by atoms with E-state index < -0.39 is 17.8 Å². The maximum atomic E-state index is 12.4. The maximum Gasteiger partial charge on any atom is 0.434 e. The van der Waals surface area contributed by atoms with Gasteiger partial charge in [-0.1, -0.05) is 30.3 Å². The van der Waals surface area contributed by atoms with Gasteiger partial charge in [0.1, 0.15) is 24.9 Å². The second-order valence-electron chi connectivity index (χ2n) is 6.72. The Kier molecular flexibility index (Phi) is 9.63. The van der Waals surface area contributed by atoms with Crippen LogP contribution in [0.3, 0.4) is 0 Å². The van der Waals surface area contributed by atoms with Crippen LogP contribution in [0.2, 0.25) is 0 Å². The molecule has 1 aromatic rings. The van der Waals surface area contributed by atoms with E-state index in [2.05, 4.69) is 12.1 Å². The van der Waals surface area contributed by atoms with E-state index in [1.54, 1.807) is 20.8 Å². The summed E-state index contributed by atoms with van der Waals surface area (Å²) in [4.78, 5) is 23.0. The van der Waals surface area contributed by atoms with Crippen LogP contribution in [0.4, 0.5) is 4.79 Å². The zero-order valence-electron chi connectivity index (χ0n) is 16.4. The van der Waals surface area contributed by atoms with Gasteiger partial charge in [-0.05, 0) is 39.8 Å². The summed E-state index contributed by atoms with van der Waals surface area (Å²) in [5, 5.41) is 11.1. The lowest BCUT2D eigenvalue weighted by atomic mass is 10.2. The van der Waals surface area contributed by atoms with E-state index in [1.165, 1.54) is 0 Å². The van der Waals surface area contributed by atoms with Crippen molar-refractivity contribution in [2.45, 2.75) is 46.0 Å². The van der Waals surface area contributed by atoms with Crippen LogP contribution in [0.5, 0.6) is 0 Å². The van der Waals surface area contributed by atoms with E-state index in [-0.39, 0.29) is 25.6 Å². The highest BCUT2D eigenvalue weighted by atomic mass is 16.7. The summed E-state index contributed by atoms with van der Waals surface area (Å²) in [5.74, 6) is 0.231. The smallest absolute Gasteiger partial charge is 0.434 e. The minimum absolute atomic E-state index is 0.111. The molecule has 1 amide bonds. The topological polar surface area (TPSA) is 89.5 Å². The first-order valence-corrected chi connectivity index (χ1v) is 8.76. The molecular weight excluding hydrogens is 352 g/mol. The molecule has 8 heteroatoms. The molecule has 0 saturated heterocycles. The Labute approximate surface area is 160 Å². The van der Waals surface area contributed by atoms with E-state index in [4.69, 9.17) is 19.1 Å². The molecule has 0 saturated carbocycles. The van der Waals surface area contributed by atoms with Gasteiger partial charge < -0.3 is 14.6 Å². The number of rotatable bonds is 11. The third kappa shape index (κ3) is 10.4. The number of carbonyl (C=O) groups is 1. The Morgan fingerprint density at radius 1 is 1.30 bits per heavy atom. The summed E-state index contributed by atoms with van der Waals surface area (Å²) in [6.07, 6.45) is -1.71. The quantitative estimate of drug-likeness (QED) is 0.449. The standard InChI is InChI=1S/C19H30N2O6/c1-6-24-15(2)20-25-14-17(22)12-21(18(23)27-19(3,4)5)26-13-16-10-8-7-9-11-16/h7-11,17,20,22H,2,6,12-14H2,1,3-5H3. The normalized spacial score (nSPS) is 12.2. The first kappa shape index (κ1) is 22.8. The van der Waals surface area contributed by atoms with E-state index in [0.29, 0.717) is 6.61 Å². The zero-order chi connectivity index (χ0) is 20.3. The molecule has 152 valence electrons. The lowest BCUT2D eigenvalue weighted by Gasteiger charge is -2.28. The Morgan fingerprint density at radius 3 is 2.56 bits per heavy atom. The van der Waals surface area contributed by atoms with Crippen molar-refractivity contribution >= 4 is 6.09 Å². The third-order valence-corrected chi connectivity index (χ3v) is 2.98. The largest absolute Gasteiger partial charge is 0.478 e. The molecule has 0 aliphatic rings. The van der Waals surface area contributed by atoms with Crippen LogP contribution in [0.15, 0.2) is 42.8 Å². The molecular formula is C19H30N2O6. The van der Waals surface area contributed by atoms with Crippen LogP contribution in [0.1, 0.15) is 33.3 Å². The Hall–Kier alpha value is -2.29. The lowest BCUT2D eigenvalue weighted by Crippen LogP contribution is -2.42. The summed E-state index contributed by atoms with van der Waals surface area (Å²) in [7, 11) is 0. The summed E-state index contributed by atoms with van der Waals surface area (Å²) >= 11 is 0. The van der Waals surface area contributed by atoms with Crippen molar-refractivity contribution in [1.82, 2.24) is 10.5 Å². The fourth-order valence-corrected chi connectivity index (χ4v) is 1.89. The van der Waals surface area contributed by atoms with Crippen molar-refractivity contribution in [2.75, 3.05) is 19.8 Å². The lowest BCUT2D eigenvalue weighted by molar-refractivity contribution is -0.174. The van der Waals surface area contributed by atoms with E-state index >= 15 is 0 Å². The predicted molar refractivity (Wildman–Crippen MR) is 100 cm³/mol. The minimum atomic E-state index is -1.02. The first-order valence-electron chi connectivity index (χ1n) is 8.76. The van der Waals surface area contributed by atoms with Gasteiger partial charge in [-0.3, -0.25) is 9.68 Å². The molecule has 0 spiro atoms. The van der Waals surface area contributed by atoms with Crippen LogP contribution < -0.4 is 5.48 Å². The number of nitrogens with zero attached hydrogens (tertiary/aromatic N) is 1. The summed E-state index contributed by atoms with van der Waals surface area (Å²) in [6, 6.07) is 9.37. The molecule has 2 N–H and O–H groups in total. The molecule has 0 radical (unpaired) electrons. The van der Waals surface area contributed by atoms with Gasteiger partial charge >= 0.3 is 6.09 Å². The molecule has 0 aliphatic carbocycles. The summed E-state index contributed by atoms with van der Waals surface area (Å²) in [6.45, 7) is 11.0. The Bertz CT molecular complexity index is 573. The fraction of sp³-hybridized carbons (Fsp3) is 0.526. The van der Waals surface area contributed by atoms with Crippen molar-refractivity contribution in [3.63, 3.8) is 0 Å². The number of nitrogens with one attached hydrogen (secondary N) is 1. The van der Waals surface area contributed by atoms with Gasteiger partial charge in [0.05, 0.1) is 13.2 Å². The molecule has 0 aromatic heterocycles. The fourth-order valence-electron chi connectivity index (χ4n) is 1.89. The van der Waals surface area contributed by atoms with Gasteiger partial charge in [-0.2, -0.15) is 5.06 Å². The molecule has 0 aliphatic heterocycles. The first-order chi connectivity index (χ1) is 12.7. The Balaban J connectivity index is 2.58. The van der Waals surface area contributed by atoms with Gasteiger partial charge in [0.25, 0.3) is 0 Å². The molecule has 1 aromatic carbocycles. The van der Waals surface area contributed by atoms with Gasteiger partial charge in [-0.15, -0.1) is 0 Å². The second kappa shape index (κ2) is 11.4. The number of aliphatic hydroxyl groups excluding tert-OH is 1. The second-order valence-corrected chi connectivity index (χ2v) is 6.72. The number of aliphatic hydroxyl groups is 1. The summed E-state index contributed by atoms with van der Waals surface area (Å²) < 4.78 is 10.4. The van der Waals surface area contributed by atoms with Gasteiger partial charge in [-0.25, -0.2) is 10.3 Å². The molecule has 0 heterocycles. The number of hydrogen-bond donors (Lipinski definition) is 2. The third-order valence-electron chi connectivity index (χ3n) is 2.98. The van der Waals surface area contributed by atoms with E-state index in [9.17, 15) is 9.90 Å². The average Bonchev–Trinajstić information content (AvgIpc) is 2.58. The monoisotopic (exact) mass is 382 g/mol. The van der Waals surface area contributed by atoms with Gasteiger partial charge in [0, 0.05) is 0 Å². The summed E-state index contributed by atoms with van der Waals surface area (Å²) in [5.41, 5.74) is 2.65. The van der Waals surface area contributed by atoms with Crippen LogP contribution in [-0.4, -0.2) is 47.7 Å². The molecule has 8 nitrogen and oxygen atoms in total. The average molecular weight is 382 g/mol. The van der Waals surface area contributed by atoms with Crippen LogP contribution in [-0.2, 0) is 25.8 Å². The number of hydrogen-bond acceptors (Lipinski definition) is 7. The highest BCUT2D eigenvalue weighted by Gasteiger charge is 2.25. The van der Waals surface area contributed by atoms with Crippen LogP contribution in [0.25, 0.3) is 0 Å². The highest BCUT2D eigenvalue weighted by molar-refractivity contribution is 5.66. The number of hydroxylamine groups is 3. The minimum Gasteiger partial charge on any atom is -0.478 e. The molecule has 0 bridgehead atoms. The van der Waals surface area contributed by atoms with Crippen LogP contribution in [0, 0.1) is 0 Å². The molecule has 27 heavy (non-hydrogen) atoms. The SMILES string of the molecule is C=C(NOCC(O)CN(OCc1ccccc1)C(=O)OC(C)(C)C)OCC. The van der Waals surface area contributed by atoms with Crippen molar-refractivity contribution in [2.24, 2.45) is 0 Å². The van der Waals surface area contributed by atoms with Crippen molar-refractivity contribution in [3.05, 3.63) is 48.4 Å². The van der Waals surface area contributed by atoms with Crippen molar-refractivity contribution in [3.8, 4) is 0 Å². The maximum absolute atomic E-state index is 12.4. The van der Waals surface area contributed by atoms with Crippen LogP contribution >= 0.6 is 0 Å². The van der Waals surface area contributed by atoms with E-state index in [0.717, 1.165) is 10.6 Å². The van der Waals surface area contributed by atoms with Gasteiger partial charge in [0.15, 0.2) is 0 Å². The zero-order valence-corrected chi connectivity index (χ0v) is 16.4. The Morgan fingerprint density at radius 2 is 1.96 bits per heavy atom. The van der Waals surface area contributed by atoms with Crippen molar-refractivity contribution in [1.29, 1.82) is 0 Å². The van der Waals surface area contributed by atoms with E-state index in [1.807, 2.05) is 37.3 Å². The number of benzene rings is 1. The molecule has 0 fully saturated rings. The van der Waals surface area contributed by atoms with Gasteiger partial charge in [0.2, 0.25) is 5.88 Å². The number of carbonyl (C=O) groups excluding carboxylic acids is 1. The highest BCUT2D eigenvalue weighted by Crippen LogP contribution is 2.12.